The summed E-state index contributed by atoms with van der Waals surface area (Å²) in [4.78, 5) is 31.5. The van der Waals surface area contributed by atoms with Gasteiger partial charge in [0.25, 0.3) is 0 Å². The summed E-state index contributed by atoms with van der Waals surface area (Å²) in [5.74, 6) is -0.583. The Hall–Kier alpha value is -2.37. The van der Waals surface area contributed by atoms with E-state index in [2.05, 4.69) is 15.3 Å². The van der Waals surface area contributed by atoms with E-state index in [0.717, 1.165) is 16.9 Å². The predicted octanol–water partition coefficient (Wildman–Crippen LogP) is 2.88. The van der Waals surface area contributed by atoms with Crippen molar-refractivity contribution in [2.75, 3.05) is 0 Å². The summed E-state index contributed by atoms with van der Waals surface area (Å²) in [5.41, 5.74) is 1.82. The molecule has 1 aromatic carbocycles. The number of aliphatic carboxylic acids is 1. The number of nitrogens with zero attached hydrogens (tertiary/aromatic N) is 1. The van der Waals surface area contributed by atoms with E-state index in [-0.39, 0.29) is 23.8 Å². The van der Waals surface area contributed by atoms with E-state index in [1.54, 1.807) is 0 Å². The second kappa shape index (κ2) is 6.63. The monoisotopic (exact) mass is 329 g/mol. The largest absolute Gasteiger partial charge is 0.481 e. The van der Waals surface area contributed by atoms with Crippen molar-refractivity contribution < 1.29 is 14.7 Å². The zero-order valence-electron chi connectivity index (χ0n) is 14.0. The lowest BCUT2D eigenvalue weighted by Gasteiger charge is -2.22. The van der Waals surface area contributed by atoms with E-state index in [0.29, 0.717) is 19.3 Å². The molecule has 0 spiro atoms. The highest BCUT2D eigenvalue weighted by Crippen LogP contribution is 2.32. The van der Waals surface area contributed by atoms with Crippen LogP contribution in [0.1, 0.15) is 45.0 Å². The molecule has 1 aliphatic rings. The molecule has 0 radical (unpaired) electrons. The Labute approximate surface area is 140 Å². The Morgan fingerprint density at radius 1 is 1.25 bits per heavy atom. The Bertz CT molecular complexity index is 720. The van der Waals surface area contributed by atoms with Crippen molar-refractivity contribution in [2.45, 2.75) is 39.2 Å². The Morgan fingerprint density at radius 3 is 2.58 bits per heavy atom. The number of aromatic nitrogens is 2. The van der Waals surface area contributed by atoms with Crippen molar-refractivity contribution in [3.05, 3.63) is 30.1 Å². The maximum Gasteiger partial charge on any atom is 0.306 e. The first-order valence-electron chi connectivity index (χ1n) is 8.43. The third-order valence-electron chi connectivity index (χ3n) is 4.82. The van der Waals surface area contributed by atoms with Crippen molar-refractivity contribution in [3.63, 3.8) is 0 Å². The second-order valence-electron chi connectivity index (χ2n) is 6.91. The maximum atomic E-state index is 12.6. The number of para-hydroxylation sites is 2. The van der Waals surface area contributed by atoms with Crippen LogP contribution in [0.2, 0.25) is 0 Å². The molecule has 3 N–H and O–H groups in total. The Morgan fingerprint density at radius 2 is 1.96 bits per heavy atom. The fourth-order valence-electron chi connectivity index (χ4n) is 3.39. The fraction of sp³-hybridized carbons (Fsp3) is 0.500. The summed E-state index contributed by atoms with van der Waals surface area (Å²) in [6, 6.07) is 7.55. The number of fused-ring (bicyclic) bond motifs is 1. The number of hydrogen-bond donors (Lipinski definition) is 3. The van der Waals surface area contributed by atoms with E-state index in [9.17, 15) is 9.59 Å². The molecule has 1 fully saturated rings. The minimum atomic E-state index is -0.803. The minimum Gasteiger partial charge on any atom is -0.481 e. The quantitative estimate of drug-likeness (QED) is 0.786. The minimum absolute atomic E-state index is 0.0714. The van der Waals surface area contributed by atoms with Crippen LogP contribution in [0.5, 0.6) is 0 Å². The highest BCUT2D eigenvalue weighted by molar-refractivity contribution is 5.81. The standard InChI is InChI=1S/C18H23N3O3/c1-10(2)15(16-19-13-5-3-4-6-14(13)20-16)21-17(22)11-7-8-12(9-11)18(23)24/h3-6,10-12,15H,7-9H2,1-2H3,(H,19,20)(H,21,22)(H,23,24)/t11-,12+,15?/m1/s1. The van der Waals surface area contributed by atoms with E-state index in [4.69, 9.17) is 5.11 Å². The number of carbonyl (C=O) groups is 2. The highest BCUT2D eigenvalue weighted by atomic mass is 16.4. The van der Waals surface area contributed by atoms with Crippen molar-refractivity contribution in [3.8, 4) is 0 Å². The SMILES string of the molecule is CC(C)C(NC(=O)[C@@H]1CC[C@H](C(=O)O)C1)c1nc2ccccc2[nH]1. The first-order valence-corrected chi connectivity index (χ1v) is 8.43. The third kappa shape index (κ3) is 3.27. The van der Waals surface area contributed by atoms with Gasteiger partial charge in [0.1, 0.15) is 5.82 Å². The Balaban J connectivity index is 1.74. The smallest absolute Gasteiger partial charge is 0.306 e. The Kier molecular flexibility index (Phi) is 4.55. The third-order valence-corrected chi connectivity index (χ3v) is 4.82. The molecule has 0 saturated heterocycles. The van der Waals surface area contributed by atoms with Gasteiger partial charge in [-0.15, -0.1) is 0 Å². The van der Waals surface area contributed by atoms with Crippen LogP contribution in [-0.4, -0.2) is 27.0 Å². The van der Waals surface area contributed by atoms with Crippen LogP contribution in [0.25, 0.3) is 11.0 Å². The summed E-state index contributed by atoms with van der Waals surface area (Å²) in [6.45, 7) is 4.07. The van der Waals surface area contributed by atoms with Crippen LogP contribution in [0.15, 0.2) is 24.3 Å². The van der Waals surface area contributed by atoms with Gasteiger partial charge in [-0.05, 0) is 37.3 Å². The van der Waals surface area contributed by atoms with Gasteiger partial charge in [-0.1, -0.05) is 26.0 Å². The van der Waals surface area contributed by atoms with Crippen molar-refractivity contribution in [1.29, 1.82) is 0 Å². The molecule has 3 atom stereocenters. The average molecular weight is 329 g/mol. The van der Waals surface area contributed by atoms with E-state index >= 15 is 0 Å². The number of imidazole rings is 1. The maximum absolute atomic E-state index is 12.6. The van der Waals surface area contributed by atoms with Crippen LogP contribution >= 0.6 is 0 Å². The molecular weight excluding hydrogens is 306 g/mol. The van der Waals surface area contributed by atoms with Crippen molar-refractivity contribution >= 4 is 22.9 Å². The number of hydrogen-bond acceptors (Lipinski definition) is 3. The lowest BCUT2D eigenvalue weighted by atomic mass is 10.0. The molecule has 0 aliphatic heterocycles. The van der Waals surface area contributed by atoms with Gasteiger partial charge in [-0.3, -0.25) is 9.59 Å². The molecule has 1 unspecified atom stereocenters. The molecule has 1 amide bonds. The van der Waals surface area contributed by atoms with Crippen LogP contribution < -0.4 is 5.32 Å². The average Bonchev–Trinajstić information content (AvgIpc) is 3.18. The van der Waals surface area contributed by atoms with Crippen LogP contribution in [0.3, 0.4) is 0 Å². The van der Waals surface area contributed by atoms with E-state index in [1.165, 1.54) is 0 Å². The normalized spacial score (nSPS) is 22.0. The molecule has 24 heavy (non-hydrogen) atoms. The fourth-order valence-corrected chi connectivity index (χ4v) is 3.39. The predicted molar refractivity (Wildman–Crippen MR) is 90.3 cm³/mol. The van der Waals surface area contributed by atoms with Crippen LogP contribution in [-0.2, 0) is 9.59 Å². The van der Waals surface area contributed by atoms with Gasteiger partial charge in [-0.25, -0.2) is 4.98 Å². The van der Waals surface area contributed by atoms with Gasteiger partial charge < -0.3 is 15.4 Å². The molecule has 3 rings (SSSR count). The molecule has 1 saturated carbocycles. The lowest BCUT2D eigenvalue weighted by Crippen LogP contribution is -2.36. The number of carbonyl (C=O) groups excluding carboxylic acids is 1. The summed E-state index contributed by atoms with van der Waals surface area (Å²) >= 11 is 0. The molecular formula is C18H23N3O3. The summed E-state index contributed by atoms with van der Waals surface area (Å²) < 4.78 is 0. The highest BCUT2D eigenvalue weighted by Gasteiger charge is 2.35. The molecule has 0 bridgehead atoms. The van der Waals surface area contributed by atoms with Crippen LogP contribution in [0, 0.1) is 17.8 Å². The van der Waals surface area contributed by atoms with Gasteiger partial charge in [0.15, 0.2) is 0 Å². The molecule has 128 valence electrons. The number of benzene rings is 1. The van der Waals surface area contributed by atoms with Gasteiger partial charge in [0.2, 0.25) is 5.91 Å². The van der Waals surface area contributed by atoms with Gasteiger partial charge in [0, 0.05) is 5.92 Å². The van der Waals surface area contributed by atoms with Crippen LogP contribution in [0.4, 0.5) is 0 Å². The van der Waals surface area contributed by atoms with E-state index in [1.807, 2.05) is 38.1 Å². The zero-order valence-corrected chi connectivity index (χ0v) is 14.0. The summed E-state index contributed by atoms with van der Waals surface area (Å²) in [7, 11) is 0. The summed E-state index contributed by atoms with van der Waals surface area (Å²) in [5, 5.41) is 12.2. The van der Waals surface area contributed by atoms with Crippen molar-refractivity contribution in [1.82, 2.24) is 15.3 Å². The lowest BCUT2D eigenvalue weighted by molar-refractivity contribution is -0.141. The van der Waals surface area contributed by atoms with Gasteiger partial charge >= 0.3 is 5.97 Å². The first-order chi connectivity index (χ1) is 11.5. The number of aromatic amines is 1. The topological polar surface area (TPSA) is 95.1 Å². The second-order valence-corrected chi connectivity index (χ2v) is 6.91. The van der Waals surface area contributed by atoms with Crippen molar-refractivity contribution in [2.24, 2.45) is 17.8 Å². The first kappa shape index (κ1) is 16.5. The number of carboxylic acids is 1. The summed E-state index contributed by atoms with van der Waals surface area (Å²) in [6.07, 6.45) is 1.63. The van der Waals surface area contributed by atoms with Gasteiger partial charge in [-0.2, -0.15) is 0 Å². The van der Waals surface area contributed by atoms with E-state index < -0.39 is 11.9 Å². The molecule has 6 heteroatoms. The zero-order chi connectivity index (χ0) is 17.3. The molecule has 1 aliphatic carbocycles. The molecule has 2 aromatic rings. The molecule has 1 aromatic heterocycles. The number of nitrogens with one attached hydrogen (secondary N) is 2. The number of rotatable bonds is 5. The number of carboxylic acid groups (broad SMARTS) is 1. The van der Waals surface area contributed by atoms with Gasteiger partial charge in [0.05, 0.1) is 23.0 Å². The molecule has 6 nitrogen and oxygen atoms in total. The molecule has 1 heterocycles. The number of amides is 1. The number of H-pyrrole nitrogens is 1.